The number of nitrogens with zero attached hydrogens (tertiary/aromatic N) is 3. The second kappa shape index (κ2) is 7.55. The fourth-order valence-corrected chi connectivity index (χ4v) is 6.38. The van der Waals surface area contributed by atoms with Gasteiger partial charge in [0, 0.05) is 40.6 Å². The molecule has 0 saturated carbocycles. The summed E-state index contributed by atoms with van der Waals surface area (Å²) in [5, 5.41) is 4.73. The maximum absolute atomic E-state index is 5.49. The summed E-state index contributed by atoms with van der Waals surface area (Å²) in [4.78, 5) is 7.61. The van der Waals surface area contributed by atoms with E-state index < -0.39 is 0 Å². The highest BCUT2D eigenvalue weighted by atomic mass is 32.1. The molecule has 0 N–H and O–H groups in total. The van der Waals surface area contributed by atoms with Crippen molar-refractivity contribution in [1.29, 1.82) is 0 Å². The normalized spacial score (nSPS) is 17.5. The van der Waals surface area contributed by atoms with E-state index in [9.17, 15) is 0 Å². The van der Waals surface area contributed by atoms with Gasteiger partial charge in [-0.2, -0.15) is 0 Å². The molecule has 6 rings (SSSR count). The number of thiazole rings is 1. The molecule has 5 nitrogen and oxygen atoms in total. The molecule has 2 aromatic carbocycles. The van der Waals surface area contributed by atoms with Crippen LogP contribution < -0.4 is 14.4 Å². The molecule has 0 amide bonds. The van der Waals surface area contributed by atoms with Crippen molar-refractivity contribution in [3.8, 4) is 22.8 Å². The molecule has 0 bridgehead atoms. The van der Waals surface area contributed by atoms with Gasteiger partial charge in [-0.05, 0) is 62.1 Å². The van der Waals surface area contributed by atoms with Crippen LogP contribution in [0.15, 0.2) is 41.8 Å². The fraction of sp³-hybridized carbons (Fsp3) is 0.346. The first-order valence-electron chi connectivity index (χ1n) is 11.2. The van der Waals surface area contributed by atoms with E-state index in [2.05, 4.69) is 46.0 Å². The first-order valence-corrected chi connectivity index (χ1v) is 12.1. The Labute approximate surface area is 192 Å². The summed E-state index contributed by atoms with van der Waals surface area (Å²) in [6.07, 6.45) is 3.60. The van der Waals surface area contributed by atoms with Gasteiger partial charge >= 0.3 is 0 Å². The van der Waals surface area contributed by atoms with Gasteiger partial charge in [-0.25, -0.2) is 4.98 Å². The maximum Gasteiger partial charge on any atom is 0.186 e. The Hall–Kier alpha value is -2.99. The SMILES string of the molecule is COc1ccc(-c2csc(N3CCn4c5c(c6cc(C)ccc64)CCC[C@@H]53)n2)cc1OC. The summed E-state index contributed by atoms with van der Waals surface area (Å²) in [7, 11) is 3.33. The topological polar surface area (TPSA) is 39.5 Å². The van der Waals surface area contributed by atoms with Crippen LogP contribution in [0.25, 0.3) is 22.2 Å². The average Bonchev–Trinajstić information content (AvgIpc) is 3.44. The summed E-state index contributed by atoms with van der Waals surface area (Å²) < 4.78 is 13.5. The smallest absolute Gasteiger partial charge is 0.186 e. The van der Waals surface area contributed by atoms with Crippen molar-refractivity contribution in [3.63, 3.8) is 0 Å². The van der Waals surface area contributed by atoms with Crippen molar-refractivity contribution in [3.05, 3.63) is 58.6 Å². The lowest BCUT2D eigenvalue weighted by Gasteiger charge is -2.39. The van der Waals surface area contributed by atoms with Gasteiger partial charge in [0.1, 0.15) is 0 Å². The van der Waals surface area contributed by atoms with Crippen LogP contribution in [0.2, 0.25) is 0 Å². The molecule has 0 unspecified atom stereocenters. The van der Waals surface area contributed by atoms with E-state index >= 15 is 0 Å². The Bertz CT molecular complexity index is 1320. The molecule has 6 heteroatoms. The Morgan fingerprint density at radius 2 is 1.91 bits per heavy atom. The van der Waals surface area contributed by atoms with Gasteiger partial charge in [-0.1, -0.05) is 11.6 Å². The lowest BCUT2D eigenvalue weighted by atomic mass is 9.90. The van der Waals surface area contributed by atoms with Crippen molar-refractivity contribution in [2.24, 2.45) is 0 Å². The third-order valence-electron chi connectivity index (χ3n) is 6.95. The van der Waals surface area contributed by atoms with E-state index in [4.69, 9.17) is 14.5 Å². The largest absolute Gasteiger partial charge is 0.493 e. The number of hydrogen-bond acceptors (Lipinski definition) is 5. The number of aromatic nitrogens is 2. The molecule has 4 aromatic rings. The number of methoxy groups -OCH3 is 2. The molecule has 1 aliphatic carbocycles. The molecule has 0 spiro atoms. The average molecular weight is 446 g/mol. The number of benzene rings is 2. The molecular formula is C26H27N3O2S. The summed E-state index contributed by atoms with van der Waals surface area (Å²) >= 11 is 1.74. The highest BCUT2D eigenvalue weighted by molar-refractivity contribution is 7.14. The highest BCUT2D eigenvalue weighted by Gasteiger charge is 2.36. The van der Waals surface area contributed by atoms with Crippen LogP contribution in [-0.2, 0) is 13.0 Å². The molecule has 2 aromatic heterocycles. The molecule has 32 heavy (non-hydrogen) atoms. The highest BCUT2D eigenvalue weighted by Crippen LogP contribution is 2.45. The van der Waals surface area contributed by atoms with Crippen molar-refractivity contribution in [2.75, 3.05) is 25.7 Å². The van der Waals surface area contributed by atoms with E-state index in [1.165, 1.54) is 41.4 Å². The minimum absolute atomic E-state index is 0.407. The van der Waals surface area contributed by atoms with Gasteiger partial charge in [0.05, 0.1) is 26.0 Å². The predicted molar refractivity (Wildman–Crippen MR) is 130 cm³/mol. The van der Waals surface area contributed by atoms with Crippen molar-refractivity contribution in [1.82, 2.24) is 9.55 Å². The molecular weight excluding hydrogens is 418 g/mol. The molecule has 164 valence electrons. The zero-order valence-corrected chi connectivity index (χ0v) is 19.5. The number of ether oxygens (including phenoxy) is 2. The Morgan fingerprint density at radius 3 is 2.75 bits per heavy atom. The predicted octanol–water partition coefficient (Wildman–Crippen LogP) is 5.99. The number of hydrogen-bond donors (Lipinski definition) is 0. The minimum atomic E-state index is 0.407. The quantitative estimate of drug-likeness (QED) is 0.387. The molecule has 0 fully saturated rings. The molecule has 3 heterocycles. The van der Waals surface area contributed by atoms with E-state index in [0.29, 0.717) is 6.04 Å². The van der Waals surface area contributed by atoms with Gasteiger partial charge in [-0.15, -0.1) is 11.3 Å². The second-order valence-corrected chi connectivity index (χ2v) is 9.56. The van der Waals surface area contributed by atoms with Crippen LogP contribution in [-0.4, -0.2) is 30.3 Å². The van der Waals surface area contributed by atoms with Crippen LogP contribution in [0.4, 0.5) is 5.13 Å². The zero-order valence-electron chi connectivity index (χ0n) is 18.7. The first-order chi connectivity index (χ1) is 15.7. The number of aryl methyl sites for hydroxylation is 2. The van der Waals surface area contributed by atoms with E-state index in [-0.39, 0.29) is 0 Å². The van der Waals surface area contributed by atoms with Crippen molar-refractivity contribution < 1.29 is 9.47 Å². The Morgan fingerprint density at radius 1 is 1.03 bits per heavy atom. The van der Waals surface area contributed by atoms with Gasteiger partial charge < -0.3 is 18.9 Å². The van der Waals surface area contributed by atoms with E-state index in [1.807, 2.05) is 12.1 Å². The number of anilines is 1. The standard InChI is InChI=1S/C26H27N3O2S/c1-16-7-9-21-19(13-16)18-5-4-6-22-25(18)28(21)11-12-29(22)26-27-20(15-32-26)17-8-10-23(30-2)24(14-17)31-3/h7-10,13-15,22H,4-6,11-12H2,1-3H3/t22-/m0/s1. The molecule has 1 atom stereocenters. The zero-order chi connectivity index (χ0) is 21.8. The van der Waals surface area contributed by atoms with Crippen molar-refractivity contribution >= 4 is 27.4 Å². The van der Waals surface area contributed by atoms with Crippen molar-refractivity contribution in [2.45, 2.75) is 38.8 Å². The third-order valence-corrected chi connectivity index (χ3v) is 7.82. The molecule has 1 aliphatic heterocycles. The third kappa shape index (κ3) is 2.93. The monoisotopic (exact) mass is 445 g/mol. The summed E-state index contributed by atoms with van der Waals surface area (Å²) in [5.41, 5.74) is 7.86. The lowest BCUT2D eigenvalue weighted by Crippen LogP contribution is -2.39. The van der Waals surface area contributed by atoms with Crippen LogP contribution in [0.1, 0.15) is 35.7 Å². The van der Waals surface area contributed by atoms with Crippen LogP contribution in [0.5, 0.6) is 11.5 Å². The Kier molecular flexibility index (Phi) is 4.65. The van der Waals surface area contributed by atoms with Crippen LogP contribution in [0.3, 0.4) is 0 Å². The van der Waals surface area contributed by atoms with Gasteiger partial charge in [0.15, 0.2) is 16.6 Å². The van der Waals surface area contributed by atoms with Crippen LogP contribution in [0, 0.1) is 6.92 Å². The molecule has 0 saturated heterocycles. The first kappa shape index (κ1) is 19.7. The van der Waals surface area contributed by atoms with Gasteiger partial charge in [-0.3, -0.25) is 0 Å². The lowest BCUT2D eigenvalue weighted by molar-refractivity contribution is 0.355. The van der Waals surface area contributed by atoms with Gasteiger partial charge in [0.2, 0.25) is 0 Å². The van der Waals surface area contributed by atoms with Crippen LogP contribution >= 0.6 is 11.3 Å². The number of fused-ring (bicyclic) bond motifs is 3. The molecule has 2 aliphatic rings. The summed E-state index contributed by atoms with van der Waals surface area (Å²) in [6, 6.07) is 13.3. The van der Waals surface area contributed by atoms with E-state index in [1.54, 1.807) is 31.1 Å². The Balaban J connectivity index is 1.38. The summed E-state index contributed by atoms with van der Waals surface area (Å²) in [6.45, 7) is 4.20. The second-order valence-electron chi connectivity index (χ2n) is 8.72. The summed E-state index contributed by atoms with van der Waals surface area (Å²) in [5.74, 6) is 1.47. The molecule has 0 radical (unpaired) electrons. The van der Waals surface area contributed by atoms with E-state index in [0.717, 1.165) is 41.0 Å². The van der Waals surface area contributed by atoms with Gasteiger partial charge in [0.25, 0.3) is 0 Å². The fourth-order valence-electron chi connectivity index (χ4n) is 5.47. The minimum Gasteiger partial charge on any atom is -0.493 e. The maximum atomic E-state index is 5.49. The number of rotatable bonds is 4.